The van der Waals surface area contributed by atoms with Crippen molar-refractivity contribution in [3.05, 3.63) is 65.7 Å². The molecule has 0 unspecified atom stereocenters. The molecule has 2 aliphatic heterocycles. The smallest absolute Gasteiger partial charge is 0.351 e. The molecule has 0 radical (unpaired) electrons. The van der Waals surface area contributed by atoms with Crippen LogP contribution in [-0.4, -0.2) is 33.5 Å². The van der Waals surface area contributed by atoms with Crippen molar-refractivity contribution in [1.82, 2.24) is 4.90 Å². The molecule has 2 aromatic carbocycles. The monoisotopic (exact) mass is 336 g/mol. The number of para-hydroxylation sites is 1. The number of benzene rings is 2. The molecule has 25 heavy (non-hydrogen) atoms. The van der Waals surface area contributed by atoms with E-state index in [1.54, 1.807) is 24.3 Å². The lowest BCUT2D eigenvalue weighted by Gasteiger charge is -2.47. The van der Waals surface area contributed by atoms with Crippen molar-refractivity contribution in [2.75, 3.05) is 4.90 Å². The van der Waals surface area contributed by atoms with Crippen LogP contribution in [0.25, 0.3) is 0 Å². The number of nitrogens with zero attached hydrogens (tertiary/aromatic N) is 2. The van der Waals surface area contributed by atoms with Crippen molar-refractivity contribution >= 4 is 23.5 Å². The topological polar surface area (TPSA) is 77.9 Å². The highest BCUT2D eigenvalue weighted by Gasteiger charge is 2.61. The number of fused-ring (bicyclic) bond motifs is 3. The second-order valence-corrected chi connectivity index (χ2v) is 6.24. The lowest BCUT2D eigenvalue weighted by molar-refractivity contribution is -0.150. The Bertz CT molecular complexity index is 880. The number of carbonyl (C=O) groups excluding carboxylic acids is 2. The molecular weight excluding hydrogens is 320 g/mol. The lowest BCUT2D eigenvalue weighted by atomic mass is 9.96. The maximum Gasteiger partial charge on any atom is 0.351 e. The fraction of sp³-hybridized carbons (Fsp3) is 0.211. The Morgan fingerprint density at radius 3 is 2.44 bits per heavy atom. The van der Waals surface area contributed by atoms with E-state index in [0.29, 0.717) is 11.3 Å². The molecule has 6 nitrogen and oxygen atoms in total. The van der Waals surface area contributed by atoms with Gasteiger partial charge in [0.05, 0.1) is 11.3 Å². The first-order valence-corrected chi connectivity index (χ1v) is 8.07. The molecule has 2 aliphatic rings. The number of rotatable bonds is 3. The van der Waals surface area contributed by atoms with E-state index in [-0.39, 0.29) is 31.2 Å². The van der Waals surface area contributed by atoms with E-state index in [9.17, 15) is 19.5 Å². The van der Waals surface area contributed by atoms with Crippen LogP contribution in [0, 0.1) is 0 Å². The van der Waals surface area contributed by atoms with E-state index in [2.05, 4.69) is 0 Å². The molecule has 1 N–H and O–H groups in total. The molecule has 2 aromatic rings. The van der Waals surface area contributed by atoms with Gasteiger partial charge in [-0.25, -0.2) is 4.79 Å². The van der Waals surface area contributed by atoms with Crippen molar-refractivity contribution in [3.8, 4) is 0 Å². The first-order chi connectivity index (χ1) is 12.1. The van der Waals surface area contributed by atoms with Gasteiger partial charge in [0, 0.05) is 19.4 Å². The van der Waals surface area contributed by atoms with Crippen LogP contribution in [0.3, 0.4) is 0 Å². The summed E-state index contributed by atoms with van der Waals surface area (Å²) in [7, 11) is 0. The third-order valence-corrected chi connectivity index (χ3v) is 4.90. The lowest BCUT2D eigenvalue weighted by Crippen LogP contribution is -2.67. The maximum absolute atomic E-state index is 13.1. The van der Waals surface area contributed by atoms with Crippen molar-refractivity contribution in [3.63, 3.8) is 0 Å². The van der Waals surface area contributed by atoms with Crippen LogP contribution in [0.2, 0.25) is 0 Å². The first-order valence-electron chi connectivity index (χ1n) is 8.07. The number of hydrogen-bond acceptors (Lipinski definition) is 3. The van der Waals surface area contributed by atoms with Gasteiger partial charge >= 0.3 is 5.97 Å². The minimum Gasteiger partial charge on any atom is -0.478 e. The van der Waals surface area contributed by atoms with Crippen LogP contribution in [0.1, 0.15) is 28.8 Å². The molecular formula is C19H16N2O4. The zero-order valence-corrected chi connectivity index (χ0v) is 13.4. The van der Waals surface area contributed by atoms with Gasteiger partial charge in [0.1, 0.15) is 0 Å². The van der Waals surface area contributed by atoms with Crippen molar-refractivity contribution in [2.24, 2.45) is 0 Å². The van der Waals surface area contributed by atoms with E-state index in [1.807, 2.05) is 30.3 Å². The molecule has 0 spiro atoms. The second-order valence-electron chi connectivity index (χ2n) is 6.24. The van der Waals surface area contributed by atoms with Crippen LogP contribution in [0.15, 0.2) is 54.6 Å². The maximum atomic E-state index is 13.1. The fourth-order valence-corrected chi connectivity index (χ4v) is 3.75. The highest BCUT2D eigenvalue weighted by atomic mass is 16.4. The number of aliphatic carboxylic acids is 1. The minimum atomic E-state index is -1.67. The molecule has 2 amide bonds. The Morgan fingerprint density at radius 2 is 1.72 bits per heavy atom. The summed E-state index contributed by atoms with van der Waals surface area (Å²) in [5.41, 5.74) is -0.124. The van der Waals surface area contributed by atoms with Gasteiger partial charge in [0.15, 0.2) is 0 Å². The van der Waals surface area contributed by atoms with Crippen molar-refractivity contribution in [1.29, 1.82) is 0 Å². The van der Waals surface area contributed by atoms with E-state index >= 15 is 0 Å². The van der Waals surface area contributed by atoms with E-state index in [1.165, 1.54) is 9.80 Å². The van der Waals surface area contributed by atoms with E-state index in [4.69, 9.17) is 0 Å². The van der Waals surface area contributed by atoms with Gasteiger partial charge < -0.3 is 10.0 Å². The minimum absolute atomic E-state index is 0.0775. The highest BCUT2D eigenvalue weighted by molar-refractivity contribution is 6.15. The predicted molar refractivity (Wildman–Crippen MR) is 89.8 cm³/mol. The molecule has 0 bridgehead atoms. The molecule has 4 rings (SSSR count). The van der Waals surface area contributed by atoms with Gasteiger partial charge in [-0.05, 0) is 17.7 Å². The van der Waals surface area contributed by atoms with Crippen molar-refractivity contribution < 1.29 is 19.5 Å². The first kappa shape index (κ1) is 15.4. The summed E-state index contributed by atoms with van der Waals surface area (Å²) in [5, 5.41) is 10.0. The second kappa shape index (κ2) is 5.44. The van der Waals surface area contributed by atoms with Crippen LogP contribution in [0.4, 0.5) is 5.69 Å². The molecule has 1 fully saturated rings. The fourth-order valence-electron chi connectivity index (χ4n) is 3.75. The van der Waals surface area contributed by atoms with Gasteiger partial charge in [0.25, 0.3) is 5.91 Å². The quantitative estimate of drug-likeness (QED) is 0.932. The average molecular weight is 336 g/mol. The van der Waals surface area contributed by atoms with Crippen LogP contribution < -0.4 is 4.90 Å². The number of carboxylic acids is 1. The predicted octanol–water partition coefficient (Wildman–Crippen LogP) is 2.25. The Hall–Kier alpha value is -3.15. The van der Waals surface area contributed by atoms with Crippen LogP contribution in [0.5, 0.6) is 0 Å². The van der Waals surface area contributed by atoms with Crippen LogP contribution in [-0.2, 0) is 16.1 Å². The number of carboxylic acid groups (broad SMARTS) is 1. The SMILES string of the molecule is O=C1c2ccccc2N2C(=O)CC[C@@]2(C(=O)O)N1Cc1ccccc1. The van der Waals surface area contributed by atoms with Gasteiger partial charge in [0.2, 0.25) is 11.6 Å². The third kappa shape index (κ3) is 2.07. The molecule has 126 valence electrons. The largest absolute Gasteiger partial charge is 0.478 e. The van der Waals surface area contributed by atoms with Crippen LogP contribution >= 0.6 is 0 Å². The Balaban J connectivity index is 1.91. The van der Waals surface area contributed by atoms with E-state index < -0.39 is 11.6 Å². The summed E-state index contributed by atoms with van der Waals surface area (Å²) in [6.45, 7) is 0.129. The number of anilines is 1. The molecule has 1 atom stereocenters. The molecule has 0 saturated carbocycles. The molecule has 6 heteroatoms. The Kier molecular flexibility index (Phi) is 3.35. The average Bonchev–Trinajstić information content (AvgIpc) is 2.98. The highest BCUT2D eigenvalue weighted by Crippen LogP contribution is 2.45. The number of amides is 2. The van der Waals surface area contributed by atoms with Gasteiger partial charge in [-0.15, -0.1) is 0 Å². The summed E-state index contributed by atoms with van der Waals surface area (Å²) in [6.07, 6.45) is 0.174. The van der Waals surface area contributed by atoms with Gasteiger partial charge in [-0.1, -0.05) is 42.5 Å². The normalized spacial score (nSPS) is 21.9. The zero-order chi connectivity index (χ0) is 17.6. The number of carbonyl (C=O) groups is 3. The summed E-state index contributed by atoms with van der Waals surface area (Å²) in [4.78, 5) is 40.5. The molecule has 0 aromatic heterocycles. The summed E-state index contributed by atoms with van der Waals surface area (Å²) in [5.74, 6) is -1.83. The van der Waals surface area contributed by atoms with E-state index in [0.717, 1.165) is 5.56 Å². The molecule has 0 aliphatic carbocycles. The summed E-state index contributed by atoms with van der Waals surface area (Å²) < 4.78 is 0. The number of hydrogen-bond donors (Lipinski definition) is 1. The molecule has 2 heterocycles. The van der Waals surface area contributed by atoms with Gasteiger partial charge in [-0.2, -0.15) is 0 Å². The van der Waals surface area contributed by atoms with Gasteiger partial charge in [-0.3, -0.25) is 14.5 Å². The summed E-state index contributed by atoms with van der Waals surface area (Å²) in [6, 6.07) is 15.9. The Morgan fingerprint density at radius 1 is 1.04 bits per heavy atom. The van der Waals surface area contributed by atoms with Crippen molar-refractivity contribution in [2.45, 2.75) is 25.0 Å². The molecule has 1 saturated heterocycles. The standard InChI is InChI=1S/C19H16N2O4/c22-16-10-11-19(18(24)25)20(12-13-6-2-1-3-7-13)17(23)14-8-4-5-9-15(14)21(16)19/h1-9H,10-12H2,(H,24,25)/t19-/m1/s1. The summed E-state index contributed by atoms with van der Waals surface area (Å²) >= 11 is 0. The Labute approximate surface area is 144 Å². The third-order valence-electron chi connectivity index (χ3n) is 4.90. The zero-order valence-electron chi connectivity index (χ0n) is 13.4.